The van der Waals surface area contributed by atoms with Crippen molar-refractivity contribution in [3.8, 4) is 11.5 Å². The van der Waals surface area contributed by atoms with Gasteiger partial charge in [0.15, 0.2) is 11.5 Å². The summed E-state index contributed by atoms with van der Waals surface area (Å²) in [5.41, 5.74) is 0.472. The third kappa shape index (κ3) is 6.06. The van der Waals surface area contributed by atoms with Gasteiger partial charge in [0.25, 0.3) is 15.9 Å². The highest BCUT2D eigenvalue weighted by Gasteiger charge is 2.26. The molecule has 2 aromatic carbocycles. The molecule has 0 radical (unpaired) electrons. The van der Waals surface area contributed by atoms with Crippen LogP contribution in [-0.2, 0) is 19.6 Å². The highest BCUT2D eigenvalue weighted by Crippen LogP contribution is 2.37. The third-order valence-corrected chi connectivity index (χ3v) is 6.48. The van der Waals surface area contributed by atoms with Gasteiger partial charge in [-0.1, -0.05) is 12.1 Å². The van der Waals surface area contributed by atoms with Gasteiger partial charge in [0.2, 0.25) is 0 Å². The SMILES string of the molecule is COc1cc(/C=C/C(=O)O)cc(S(=O)(=O)Nc2ccccc2C(=O)NCC2CCCO2)c1OC. The molecule has 1 heterocycles. The summed E-state index contributed by atoms with van der Waals surface area (Å²) in [5.74, 6) is -1.61. The number of benzene rings is 2. The lowest BCUT2D eigenvalue weighted by molar-refractivity contribution is -0.131. The van der Waals surface area contributed by atoms with Gasteiger partial charge < -0.3 is 24.6 Å². The molecule has 10 nitrogen and oxygen atoms in total. The molecule has 182 valence electrons. The predicted octanol–water partition coefficient (Wildman–Crippen LogP) is 2.51. The van der Waals surface area contributed by atoms with E-state index >= 15 is 0 Å². The number of carbonyl (C=O) groups is 2. The summed E-state index contributed by atoms with van der Waals surface area (Å²) in [6.07, 6.45) is 3.83. The van der Waals surface area contributed by atoms with Crippen LogP contribution in [0.15, 0.2) is 47.4 Å². The van der Waals surface area contributed by atoms with Gasteiger partial charge in [-0.05, 0) is 48.7 Å². The Kier molecular flexibility index (Phi) is 8.13. The number of nitrogens with one attached hydrogen (secondary N) is 2. The van der Waals surface area contributed by atoms with Crippen LogP contribution in [0.1, 0.15) is 28.8 Å². The average Bonchev–Trinajstić information content (AvgIpc) is 3.34. The Hall–Kier alpha value is -3.57. The lowest BCUT2D eigenvalue weighted by Crippen LogP contribution is -2.32. The van der Waals surface area contributed by atoms with E-state index in [0.29, 0.717) is 13.2 Å². The number of carboxylic acid groups (broad SMARTS) is 1. The van der Waals surface area contributed by atoms with E-state index in [1.807, 2.05) is 0 Å². The van der Waals surface area contributed by atoms with Crippen LogP contribution in [-0.4, -0.2) is 58.9 Å². The highest BCUT2D eigenvalue weighted by atomic mass is 32.2. The van der Waals surface area contributed by atoms with Gasteiger partial charge in [0.05, 0.1) is 31.6 Å². The molecule has 1 atom stereocenters. The molecule has 1 aliphatic rings. The lowest BCUT2D eigenvalue weighted by Gasteiger charge is -2.17. The van der Waals surface area contributed by atoms with Crippen molar-refractivity contribution < 1.29 is 37.3 Å². The van der Waals surface area contributed by atoms with E-state index < -0.39 is 21.9 Å². The number of sulfonamides is 1. The minimum Gasteiger partial charge on any atom is -0.493 e. The van der Waals surface area contributed by atoms with Crippen molar-refractivity contribution in [3.63, 3.8) is 0 Å². The molecule has 3 N–H and O–H groups in total. The first-order valence-electron chi connectivity index (χ1n) is 10.4. The number of carboxylic acids is 1. The van der Waals surface area contributed by atoms with E-state index in [1.54, 1.807) is 12.1 Å². The Morgan fingerprint density at radius 2 is 1.97 bits per heavy atom. The topological polar surface area (TPSA) is 140 Å². The van der Waals surface area contributed by atoms with Crippen LogP contribution in [0.25, 0.3) is 6.08 Å². The number of hydrogen-bond donors (Lipinski definition) is 3. The van der Waals surface area contributed by atoms with Crippen molar-refractivity contribution in [1.29, 1.82) is 0 Å². The van der Waals surface area contributed by atoms with Crippen LogP contribution in [0.4, 0.5) is 5.69 Å². The van der Waals surface area contributed by atoms with Crippen LogP contribution in [0.5, 0.6) is 11.5 Å². The van der Waals surface area contributed by atoms with E-state index in [9.17, 15) is 18.0 Å². The second-order valence-electron chi connectivity index (χ2n) is 7.42. The molecule has 0 saturated carbocycles. The number of para-hydroxylation sites is 1. The number of hydrogen-bond acceptors (Lipinski definition) is 7. The van der Waals surface area contributed by atoms with E-state index in [0.717, 1.165) is 18.9 Å². The lowest BCUT2D eigenvalue weighted by atomic mass is 10.1. The second kappa shape index (κ2) is 11.0. The van der Waals surface area contributed by atoms with Gasteiger partial charge >= 0.3 is 5.97 Å². The third-order valence-electron chi connectivity index (χ3n) is 5.11. The van der Waals surface area contributed by atoms with Crippen LogP contribution >= 0.6 is 0 Å². The molecule has 1 fully saturated rings. The molecule has 1 saturated heterocycles. The Morgan fingerprint density at radius 3 is 2.62 bits per heavy atom. The zero-order chi connectivity index (χ0) is 24.7. The maximum Gasteiger partial charge on any atom is 0.328 e. The van der Waals surface area contributed by atoms with Crippen molar-refractivity contribution in [2.24, 2.45) is 0 Å². The molecule has 3 rings (SSSR count). The molecule has 0 aromatic heterocycles. The maximum absolute atomic E-state index is 13.3. The molecule has 11 heteroatoms. The highest BCUT2D eigenvalue weighted by molar-refractivity contribution is 7.92. The van der Waals surface area contributed by atoms with E-state index in [-0.39, 0.29) is 39.3 Å². The van der Waals surface area contributed by atoms with Gasteiger partial charge in [-0.2, -0.15) is 0 Å². The number of amides is 1. The molecular formula is C23H26N2O8S. The summed E-state index contributed by atoms with van der Waals surface area (Å²) in [6.45, 7) is 0.978. The largest absolute Gasteiger partial charge is 0.493 e. The maximum atomic E-state index is 13.3. The fraction of sp³-hybridized carbons (Fsp3) is 0.304. The Labute approximate surface area is 197 Å². The normalized spacial score (nSPS) is 15.8. The first-order chi connectivity index (χ1) is 16.2. The zero-order valence-electron chi connectivity index (χ0n) is 18.7. The number of anilines is 1. The fourth-order valence-corrected chi connectivity index (χ4v) is 4.79. The minimum atomic E-state index is -4.28. The molecule has 1 amide bonds. The van der Waals surface area contributed by atoms with Crippen molar-refractivity contribution >= 4 is 33.7 Å². The van der Waals surface area contributed by atoms with Crippen molar-refractivity contribution in [2.75, 3.05) is 32.1 Å². The molecule has 1 aliphatic heterocycles. The quantitative estimate of drug-likeness (QED) is 0.432. The second-order valence-corrected chi connectivity index (χ2v) is 9.07. The minimum absolute atomic E-state index is 0.0638. The van der Waals surface area contributed by atoms with Crippen LogP contribution in [0.3, 0.4) is 0 Å². The van der Waals surface area contributed by atoms with Crippen LogP contribution in [0, 0.1) is 0 Å². The van der Waals surface area contributed by atoms with Crippen molar-refractivity contribution in [3.05, 3.63) is 53.6 Å². The molecule has 1 unspecified atom stereocenters. The predicted molar refractivity (Wildman–Crippen MR) is 125 cm³/mol. The first-order valence-corrected chi connectivity index (χ1v) is 11.9. The van der Waals surface area contributed by atoms with Crippen molar-refractivity contribution in [1.82, 2.24) is 5.32 Å². The Bertz CT molecular complexity index is 1190. The fourth-order valence-electron chi connectivity index (χ4n) is 3.49. The summed E-state index contributed by atoms with van der Waals surface area (Å²) in [4.78, 5) is 23.4. The summed E-state index contributed by atoms with van der Waals surface area (Å²) in [7, 11) is -1.66. The van der Waals surface area contributed by atoms with Gasteiger partial charge in [0, 0.05) is 19.2 Å². The average molecular weight is 491 g/mol. The van der Waals surface area contributed by atoms with E-state index in [4.69, 9.17) is 19.3 Å². The van der Waals surface area contributed by atoms with Gasteiger partial charge in [0.1, 0.15) is 4.90 Å². The zero-order valence-corrected chi connectivity index (χ0v) is 19.6. The standard InChI is InChI=1S/C23H26N2O8S/c1-31-19-12-15(9-10-21(26)27)13-20(22(19)32-2)34(29,30)25-18-8-4-3-7-17(18)23(28)24-14-16-6-5-11-33-16/h3-4,7-10,12-13,16,25H,5-6,11,14H2,1-2H3,(H,24,28)(H,26,27)/b10-9+. The molecule has 0 bridgehead atoms. The molecule has 0 spiro atoms. The summed E-state index contributed by atoms with van der Waals surface area (Å²) in [6, 6.07) is 8.90. The number of ether oxygens (including phenoxy) is 3. The van der Waals surface area contributed by atoms with E-state index in [1.165, 1.54) is 44.6 Å². The van der Waals surface area contributed by atoms with Crippen LogP contribution < -0.4 is 19.5 Å². The number of rotatable bonds is 10. The molecule has 0 aliphatic carbocycles. The number of carbonyl (C=O) groups excluding carboxylic acids is 1. The summed E-state index contributed by atoms with van der Waals surface area (Å²) >= 11 is 0. The molecule has 34 heavy (non-hydrogen) atoms. The smallest absolute Gasteiger partial charge is 0.328 e. The van der Waals surface area contributed by atoms with Gasteiger partial charge in [-0.3, -0.25) is 9.52 Å². The van der Waals surface area contributed by atoms with E-state index in [2.05, 4.69) is 10.0 Å². The van der Waals surface area contributed by atoms with Crippen molar-refractivity contribution in [2.45, 2.75) is 23.8 Å². The molecular weight excluding hydrogens is 464 g/mol. The summed E-state index contributed by atoms with van der Waals surface area (Å²) in [5, 5.41) is 11.7. The Morgan fingerprint density at radius 1 is 1.21 bits per heavy atom. The summed E-state index contributed by atoms with van der Waals surface area (Å²) < 4.78 is 45.1. The number of aliphatic carboxylic acids is 1. The monoisotopic (exact) mass is 490 g/mol. The number of methoxy groups -OCH3 is 2. The van der Waals surface area contributed by atoms with Gasteiger partial charge in [-0.15, -0.1) is 0 Å². The first kappa shape index (κ1) is 25.1. The Balaban J connectivity index is 1.93. The van der Waals surface area contributed by atoms with Crippen LogP contribution in [0.2, 0.25) is 0 Å². The molecule has 2 aromatic rings. The van der Waals surface area contributed by atoms with Gasteiger partial charge in [-0.25, -0.2) is 13.2 Å².